The summed E-state index contributed by atoms with van der Waals surface area (Å²) in [5, 5.41) is 0.554. The van der Waals surface area contributed by atoms with Gasteiger partial charge in [-0.2, -0.15) is 0 Å². The van der Waals surface area contributed by atoms with E-state index in [1.165, 1.54) is 5.56 Å². The summed E-state index contributed by atoms with van der Waals surface area (Å²) in [6, 6.07) is 22.3. The number of methoxy groups -OCH3 is 1. The van der Waals surface area contributed by atoms with Crippen molar-refractivity contribution in [2.75, 3.05) is 13.7 Å². The Labute approximate surface area is 224 Å². The number of ether oxygens (including phenoxy) is 1. The summed E-state index contributed by atoms with van der Waals surface area (Å²) >= 11 is 0. The minimum Gasteiger partial charge on any atom is -0.497 e. The van der Waals surface area contributed by atoms with Crippen LogP contribution in [0.4, 0.5) is 0 Å². The van der Waals surface area contributed by atoms with Gasteiger partial charge in [0.25, 0.3) is 11.5 Å². The second kappa shape index (κ2) is 12.1. The Morgan fingerprint density at radius 2 is 1.74 bits per heavy atom. The highest BCUT2D eigenvalue weighted by molar-refractivity contribution is 5.95. The van der Waals surface area contributed by atoms with Crippen molar-refractivity contribution in [3.8, 4) is 11.4 Å². The van der Waals surface area contributed by atoms with Crippen molar-refractivity contribution >= 4 is 16.8 Å². The molecule has 6 heteroatoms. The summed E-state index contributed by atoms with van der Waals surface area (Å²) in [7, 11) is 1.59. The number of carbonyl (C=O) groups excluding carboxylic acids is 1. The molecule has 4 rings (SSSR count). The summed E-state index contributed by atoms with van der Waals surface area (Å²) in [4.78, 5) is 34.9. The molecule has 1 unspecified atom stereocenters. The molecule has 0 saturated heterocycles. The molecule has 198 valence electrons. The molecule has 0 N–H and O–H groups in total. The Morgan fingerprint density at radius 3 is 2.39 bits per heavy atom. The molecular weight excluding hydrogens is 474 g/mol. The van der Waals surface area contributed by atoms with Crippen molar-refractivity contribution in [1.82, 2.24) is 14.5 Å². The minimum absolute atomic E-state index is 0.105. The standard InChI is InChI=1S/C32H37N3O3/c1-6-23-15-17-25(18-16-23)35-30(33-28-14-9-8-13-27(28)32(35)37)29(7-2)34(20-19-22(3)4)31(36)24-11-10-12-26(21-24)38-5/h8-18,21-22,29H,6-7,19-20H2,1-5H3. The van der Waals surface area contributed by atoms with E-state index in [1.54, 1.807) is 17.7 Å². The highest BCUT2D eigenvalue weighted by Crippen LogP contribution is 2.29. The zero-order chi connectivity index (χ0) is 27.2. The first-order valence-electron chi connectivity index (χ1n) is 13.4. The minimum atomic E-state index is -0.407. The van der Waals surface area contributed by atoms with Crippen LogP contribution in [0.15, 0.2) is 77.6 Å². The van der Waals surface area contributed by atoms with Gasteiger partial charge in [-0.15, -0.1) is 0 Å². The predicted octanol–water partition coefficient (Wildman–Crippen LogP) is 6.60. The van der Waals surface area contributed by atoms with E-state index >= 15 is 0 Å². The van der Waals surface area contributed by atoms with Gasteiger partial charge in [0.2, 0.25) is 0 Å². The maximum absolute atomic E-state index is 14.0. The van der Waals surface area contributed by atoms with Crippen LogP contribution in [0.2, 0.25) is 0 Å². The third-order valence-corrected chi connectivity index (χ3v) is 6.99. The lowest BCUT2D eigenvalue weighted by Crippen LogP contribution is -2.39. The zero-order valence-electron chi connectivity index (χ0n) is 23.0. The van der Waals surface area contributed by atoms with Gasteiger partial charge in [-0.3, -0.25) is 14.2 Å². The van der Waals surface area contributed by atoms with Gasteiger partial charge in [-0.1, -0.05) is 58.0 Å². The molecule has 0 saturated carbocycles. The molecule has 1 atom stereocenters. The number of amides is 1. The Balaban J connectivity index is 1.92. The maximum Gasteiger partial charge on any atom is 0.266 e. The molecule has 0 aliphatic rings. The second-order valence-corrected chi connectivity index (χ2v) is 9.98. The van der Waals surface area contributed by atoms with Gasteiger partial charge >= 0.3 is 0 Å². The smallest absolute Gasteiger partial charge is 0.266 e. The normalized spacial score (nSPS) is 12.1. The number of hydrogen-bond donors (Lipinski definition) is 0. The SMILES string of the molecule is CCc1ccc(-n2c(C(CC)N(CCC(C)C)C(=O)c3cccc(OC)c3)nc3ccccc3c2=O)cc1. The van der Waals surface area contributed by atoms with Crippen LogP contribution < -0.4 is 10.3 Å². The number of fused-ring (bicyclic) bond motifs is 1. The average molecular weight is 512 g/mol. The summed E-state index contributed by atoms with van der Waals surface area (Å²) in [5.74, 6) is 1.50. The first kappa shape index (κ1) is 27.1. The Kier molecular flexibility index (Phi) is 8.62. The van der Waals surface area contributed by atoms with Crippen molar-refractivity contribution in [2.24, 2.45) is 5.92 Å². The quantitative estimate of drug-likeness (QED) is 0.241. The van der Waals surface area contributed by atoms with Gasteiger partial charge < -0.3 is 9.64 Å². The van der Waals surface area contributed by atoms with E-state index in [4.69, 9.17) is 9.72 Å². The molecule has 38 heavy (non-hydrogen) atoms. The van der Waals surface area contributed by atoms with E-state index in [0.29, 0.717) is 46.9 Å². The fourth-order valence-electron chi connectivity index (χ4n) is 4.76. The number of hydrogen-bond acceptors (Lipinski definition) is 4. The molecule has 1 heterocycles. The first-order chi connectivity index (χ1) is 18.4. The fraction of sp³-hybridized carbons (Fsp3) is 0.344. The number of para-hydroxylation sites is 1. The zero-order valence-corrected chi connectivity index (χ0v) is 23.0. The number of benzene rings is 3. The van der Waals surface area contributed by atoms with E-state index in [-0.39, 0.29) is 11.5 Å². The lowest BCUT2D eigenvalue weighted by Gasteiger charge is -2.33. The average Bonchev–Trinajstić information content (AvgIpc) is 2.95. The van der Waals surface area contributed by atoms with Crippen molar-refractivity contribution in [1.29, 1.82) is 0 Å². The molecule has 0 spiro atoms. The molecular formula is C32H37N3O3. The summed E-state index contributed by atoms with van der Waals surface area (Å²) in [5.41, 5.74) is 2.98. The van der Waals surface area contributed by atoms with E-state index in [0.717, 1.165) is 18.5 Å². The van der Waals surface area contributed by atoms with Crippen LogP contribution in [-0.2, 0) is 6.42 Å². The van der Waals surface area contributed by atoms with Crippen LogP contribution in [0.3, 0.4) is 0 Å². The monoisotopic (exact) mass is 511 g/mol. The topological polar surface area (TPSA) is 64.4 Å². The predicted molar refractivity (Wildman–Crippen MR) is 153 cm³/mol. The van der Waals surface area contributed by atoms with Crippen molar-refractivity contribution < 1.29 is 9.53 Å². The molecule has 0 aliphatic carbocycles. The largest absolute Gasteiger partial charge is 0.497 e. The molecule has 6 nitrogen and oxygen atoms in total. The molecule has 0 radical (unpaired) electrons. The molecule has 1 amide bonds. The maximum atomic E-state index is 14.0. The third kappa shape index (κ3) is 5.64. The van der Waals surface area contributed by atoms with Crippen LogP contribution in [-0.4, -0.2) is 34.0 Å². The van der Waals surface area contributed by atoms with E-state index in [2.05, 4.69) is 20.8 Å². The number of aromatic nitrogens is 2. The highest BCUT2D eigenvalue weighted by Gasteiger charge is 2.30. The number of nitrogens with zero attached hydrogens (tertiary/aromatic N) is 3. The van der Waals surface area contributed by atoms with Gasteiger partial charge in [0.1, 0.15) is 11.6 Å². The Morgan fingerprint density at radius 1 is 1.00 bits per heavy atom. The van der Waals surface area contributed by atoms with Crippen LogP contribution >= 0.6 is 0 Å². The van der Waals surface area contributed by atoms with Gasteiger partial charge in [0.15, 0.2) is 0 Å². The lowest BCUT2D eigenvalue weighted by atomic mass is 10.0. The second-order valence-electron chi connectivity index (χ2n) is 9.98. The number of carbonyl (C=O) groups is 1. The van der Waals surface area contributed by atoms with E-state index < -0.39 is 6.04 Å². The van der Waals surface area contributed by atoms with Gasteiger partial charge in [-0.25, -0.2) is 4.98 Å². The van der Waals surface area contributed by atoms with Crippen molar-refractivity contribution in [3.05, 3.63) is 100 Å². The fourth-order valence-corrected chi connectivity index (χ4v) is 4.76. The van der Waals surface area contributed by atoms with Gasteiger partial charge in [-0.05, 0) is 73.2 Å². The lowest BCUT2D eigenvalue weighted by molar-refractivity contribution is 0.0648. The summed E-state index contributed by atoms with van der Waals surface area (Å²) in [6.07, 6.45) is 2.34. The third-order valence-electron chi connectivity index (χ3n) is 6.99. The first-order valence-corrected chi connectivity index (χ1v) is 13.4. The van der Waals surface area contributed by atoms with Crippen molar-refractivity contribution in [3.63, 3.8) is 0 Å². The molecule has 0 fully saturated rings. The van der Waals surface area contributed by atoms with E-state index in [9.17, 15) is 9.59 Å². The van der Waals surface area contributed by atoms with Crippen molar-refractivity contribution in [2.45, 2.75) is 53.0 Å². The van der Waals surface area contributed by atoms with E-state index in [1.807, 2.05) is 78.6 Å². The van der Waals surface area contributed by atoms with Gasteiger partial charge in [0.05, 0.1) is 29.7 Å². The molecule has 3 aromatic carbocycles. The van der Waals surface area contributed by atoms with Crippen LogP contribution in [0.25, 0.3) is 16.6 Å². The summed E-state index contributed by atoms with van der Waals surface area (Å²) < 4.78 is 7.08. The summed E-state index contributed by atoms with van der Waals surface area (Å²) in [6.45, 7) is 8.98. The number of aryl methyl sites for hydroxylation is 1. The Bertz CT molecular complexity index is 1460. The number of rotatable bonds is 10. The molecule has 0 bridgehead atoms. The molecule has 1 aromatic heterocycles. The highest BCUT2D eigenvalue weighted by atomic mass is 16.5. The van der Waals surface area contributed by atoms with Crippen LogP contribution in [0, 0.1) is 5.92 Å². The van der Waals surface area contributed by atoms with Crippen LogP contribution in [0.1, 0.15) is 68.3 Å². The molecule has 4 aromatic rings. The molecule has 0 aliphatic heterocycles. The Hall–Kier alpha value is -3.93. The van der Waals surface area contributed by atoms with Gasteiger partial charge in [0, 0.05) is 12.1 Å². The van der Waals surface area contributed by atoms with Crippen LogP contribution in [0.5, 0.6) is 5.75 Å².